The van der Waals surface area contributed by atoms with Gasteiger partial charge in [0.1, 0.15) is 12.9 Å². The predicted octanol–water partition coefficient (Wildman–Crippen LogP) is 4.17. The Morgan fingerprint density at radius 2 is 1.94 bits per heavy atom. The molecule has 1 heterocycles. The lowest BCUT2D eigenvalue weighted by Crippen LogP contribution is -1.96. The van der Waals surface area contributed by atoms with Crippen molar-refractivity contribution in [1.82, 2.24) is 5.16 Å². The standard InChI is InChI=1S/C14H10BrNO2/c15-12-7-6-11-9-18-16-13(11)14(12)17-8-10-4-2-1-3-5-10/h1-7,9H,8H2. The molecule has 90 valence electrons. The number of nitrogens with zero attached hydrogens (tertiary/aromatic N) is 1. The molecule has 0 amide bonds. The van der Waals surface area contributed by atoms with E-state index >= 15 is 0 Å². The smallest absolute Gasteiger partial charge is 0.163 e. The summed E-state index contributed by atoms with van der Waals surface area (Å²) in [5, 5.41) is 4.89. The Kier molecular flexibility index (Phi) is 3.02. The Morgan fingerprint density at radius 3 is 2.78 bits per heavy atom. The van der Waals surface area contributed by atoms with Gasteiger partial charge in [0.15, 0.2) is 11.3 Å². The van der Waals surface area contributed by atoms with E-state index in [-0.39, 0.29) is 0 Å². The quantitative estimate of drug-likeness (QED) is 0.728. The molecule has 0 aliphatic carbocycles. The SMILES string of the molecule is Brc1ccc2conc2c1OCc1ccccc1. The van der Waals surface area contributed by atoms with Crippen molar-refractivity contribution in [2.45, 2.75) is 6.61 Å². The highest BCUT2D eigenvalue weighted by molar-refractivity contribution is 9.10. The zero-order valence-corrected chi connectivity index (χ0v) is 11.1. The fourth-order valence-electron chi connectivity index (χ4n) is 1.75. The van der Waals surface area contributed by atoms with Crippen LogP contribution in [0.4, 0.5) is 0 Å². The molecule has 4 heteroatoms. The van der Waals surface area contributed by atoms with Crippen LogP contribution in [-0.2, 0) is 6.61 Å². The number of halogens is 1. The average Bonchev–Trinajstić information content (AvgIpc) is 2.87. The minimum absolute atomic E-state index is 0.505. The molecule has 0 saturated heterocycles. The van der Waals surface area contributed by atoms with E-state index in [1.807, 2.05) is 42.5 Å². The molecule has 18 heavy (non-hydrogen) atoms. The van der Waals surface area contributed by atoms with Gasteiger partial charge in [0.2, 0.25) is 0 Å². The molecule has 3 rings (SSSR count). The van der Waals surface area contributed by atoms with Gasteiger partial charge in [0.05, 0.1) is 4.47 Å². The summed E-state index contributed by atoms with van der Waals surface area (Å²) < 4.78 is 11.7. The third kappa shape index (κ3) is 2.11. The summed E-state index contributed by atoms with van der Waals surface area (Å²) in [5.41, 5.74) is 1.85. The maximum atomic E-state index is 5.83. The number of hydrogen-bond donors (Lipinski definition) is 0. The lowest BCUT2D eigenvalue weighted by molar-refractivity contribution is 0.305. The lowest BCUT2D eigenvalue weighted by atomic mass is 10.2. The molecule has 0 aliphatic heterocycles. The molecular weight excluding hydrogens is 294 g/mol. The first-order chi connectivity index (χ1) is 8.84. The molecule has 0 saturated carbocycles. The van der Waals surface area contributed by atoms with Crippen molar-refractivity contribution >= 4 is 26.8 Å². The minimum atomic E-state index is 0.505. The van der Waals surface area contributed by atoms with Gasteiger partial charge < -0.3 is 9.26 Å². The first-order valence-electron chi connectivity index (χ1n) is 5.54. The summed E-state index contributed by atoms with van der Waals surface area (Å²) in [6.45, 7) is 0.505. The molecule has 2 aromatic carbocycles. The van der Waals surface area contributed by atoms with E-state index in [1.54, 1.807) is 6.26 Å². The van der Waals surface area contributed by atoms with Crippen LogP contribution in [0.3, 0.4) is 0 Å². The molecule has 3 aromatic rings. The number of aromatic nitrogens is 1. The molecule has 0 aliphatic rings. The average molecular weight is 304 g/mol. The second kappa shape index (κ2) is 4.82. The molecule has 0 fully saturated rings. The summed E-state index contributed by atoms with van der Waals surface area (Å²) in [6.07, 6.45) is 1.61. The summed E-state index contributed by atoms with van der Waals surface area (Å²) in [6, 6.07) is 13.9. The minimum Gasteiger partial charge on any atom is -0.485 e. The van der Waals surface area contributed by atoms with Crippen LogP contribution >= 0.6 is 15.9 Å². The molecular formula is C14H10BrNO2. The summed E-state index contributed by atoms with van der Waals surface area (Å²) in [4.78, 5) is 0. The van der Waals surface area contributed by atoms with Crippen LogP contribution in [0.15, 0.2) is 57.7 Å². The highest BCUT2D eigenvalue weighted by Gasteiger charge is 2.10. The van der Waals surface area contributed by atoms with E-state index in [2.05, 4.69) is 21.1 Å². The van der Waals surface area contributed by atoms with E-state index in [4.69, 9.17) is 9.26 Å². The molecule has 1 aromatic heterocycles. The number of hydrogen-bond acceptors (Lipinski definition) is 3. The van der Waals surface area contributed by atoms with Gasteiger partial charge in [-0.1, -0.05) is 35.5 Å². The normalized spacial score (nSPS) is 10.7. The number of benzene rings is 2. The fraction of sp³-hybridized carbons (Fsp3) is 0.0714. The van der Waals surface area contributed by atoms with Gasteiger partial charge in [-0.15, -0.1) is 0 Å². The lowest BCUT2D eigenvalue weighted by Gasteiger charge is -2.08. The van der Waals surface area contributed by atoms with E-state index in [0.29, 0.717) is 12.4 Å². The van der Waals surface area contributed by atoms with Crippen LogP contribution in [-0.4, -0.2) is 5.16 Å². The van der Waals surface area contributed by atoms with Gasteiger partial charge in [0, 0.05) is 5.39 Å². The van der Waals surface area contributed by atoms with E-state index in [0.717, 1.165) is 20.9 Å². The third-order valence-corrected chi connectivity index (χ3v) is 3.29. The van der Waals surface area contributed by atoms with E-state index in [9.17, 15) is 0 Å². The van der Waals surface area contributed by atoms with Gasteiger partial charge in [-0.05, 0) is 33.6 Å². The number of fused-ring (bicyclic) bond motifs is 1. The van der Waals surface area contributed by atoms with Crippen LogP contribution < -0.4 is 4.74 Å². The first-order valence-corrected chi connectivity index (χ1v) is 6.33. The van der Waals surface area contributed by atoms with Crippen molar-refractivity contribution in [2.75, 3.05) is 0 Å². The predicted molar refractivity (Wildman–Crippen MR) is 72.5 cm³/mol. The Bertz CT molecular complexity index is 664. The van der Waals surface area contributed by atoms with Crippen molar-refractivity contribution in [3.05, 3.63) is 58.8 Å². The molecule has 0 N–H and O–H groups in total. The van der Waals surface area contributed by atoms with Gasteiger partial charge in [-0.25, -0.2) is 0 Å². The summed E-state index contributed by atoms with van der Waals surface area (Å²) >= 11 is 3.47. The Hall–Kier alpha value is -1.81. The summed E-state index contributed by atoms with van der Waals surface area (Å²) in [5.74, 6) is 0.713. The van der Waals surface area contributed by atoms with E-state index in [1.165, 1.54) is 0 Å². The highest BCUT2D eigenvalue weighted by Crippen LogP contribution is 2.33. The number of ether oxygens (including phenoxy) is 1. The Balaban J connectivity index is 1.90. The van der Waals surface area contributed by atoms with Gasteiger partial charge in [-0.2, -0.15) is 0 Å². The Morgan fingerprint density at radius 1 is 1.11 bits per heavy atom. The van der Waals surface area contributed by atoms with Crippen molar-refractivity contribution in [2.24, 2.45) is 0 Å². The van der Waals surface area contributed by atoms with Crippen molar-refractivity contribution in [3.8, 4) is 5.75 Å². The third-order valence-electron chi connectivity index (χ3n) is 2.66. The van der Waals surface area contributed by atoms with Crippen molar-refractivity contribution < 1.29 is 9.26 Å². The zero-order valence-electron chi connectivity index (χ0n) is 9.47. The van der Waals surface area contributed by atoms with Crippen molar-refractivity contribution in [3.63, 3.8) is 0 Å². The first kappa shape index (κ1) is 11.3. The topological polar surface area (TPSA) is 35.3 Å². The molecule has 0 unspecified atom stereocenters. The highest BCUT2D eigenvalue weighted by atomic mass is 79.9. The van der Waals surface area contributed by atoms with Crippen LogP contribution in [0.5, 0.6) is 5.75 Å². The van der Waals surface area contributed by atoms with Gasteiger partial charge >= 0.3 is 0 Å². The largest absolute Gasteiger partial charge is 0.485 e. The zero-order chi connectivity index (χ0) is 12.4. The number of rotatable bonds is 3. The molecule has 0 atom stereocenters. The van der Waals surface area contributed by atoms with Crippen LogP contribution in [0.2, 0.25) is 0 Å². The fourth-order valence-corrected chi connectivity index (χ4v) is 2.19. The molecule has 0 spiro atoms. The van der Waals surface area contributed by atoms with Crippen LogP contribution in [0.1, 0.15) is 5.56 Å². The van der Waals surface area contributed by atoms with Crippen LogP contribution in [0.25, 0.3) is 10.9 Å². The Labute approximate surface area is 112 Å². The monoisotopic (exact) mass is 303 g/mol. The van der Waals surface area contributed by atoms with Crippen LogP contribution in [0, 0.1) is 0 Å². The maximum absolute atomic E-state index is 5.83. The van der Waals surface area contributed by atoms with Gasteiger partial charge in [-0.3, -0.25) is 0 Å². The van der Waals surface area contributed by atoms with E-state index < -0.39 is 0 Å². The molecule has 0 radical (unpaired) electrons. The maximum Gasteiger partial charge on any atom is 0.163 e. The van der Waals surface area contributed by atoms with Gasteiger partial charge in [0.25, 0.3) is 0 Å². The summed E-state index contributed by atoms with van der Waals surface area (Å²) in [7, 11) is 0. The molecule has 0 bridgehead atoms. The molecule has 3 nitrogen and oxygen atoms in total. The second-order valence-corrected chi connectivity index (χ2v) is 4.76. The van der Waals surface area contributed by atoms with Crippen molar-refractivity contribution in [1.29, 1.82) is 0 Å². The second-order valence-electron chi connectivity index (χ2n) is 3.90.